The molecule has 0 radical (unpaired) electrons. The first-order valence-corrected chi connectivity index (χ1v) is 7.42. The molecular formula is C16H26O2. The highest BCUT2D eigenvalue weighted by molar-refractivity contribution is 5.81. The number of ketones is 1. The standard InChI is InChI=1S/C16H26O2/c1-3-6-13-11-16(18-2)14-8-5-4-7-12(14)9-10-15(13)17/h3,12-14,16H,1,4-11H2,2H3/t12-,13?,14+,16?/m1/s1. The van der Waals surface area contributed by atoms with Crippen molar-refractivity contribution in [3.63, 3.8) is 0 Å². The fraction of sp³-hybridized carbons (Fsp3) is 0.812. The van der Waals surface area contributed by atoms with Gasteiger partial charge in [-0.15, -0.1) is 6.58 Å². The lowest BCUT2D eigenvalue weighted by molar-refractivity contribution is -0.127. The topological polar surface area (TPSA) is 26.3 Å². The van der Waals surface area contributed by atoms with E-state index in [9.17, 15) is 4.79 Å². The summed E-state index contributed by atoms with van der Waals surface area (Å²) < 4.78 is 5.73. The normalized spacial score (nSPS) is 37.5. The van der Waals surface area contributed by atoms with Crippen LogP contribution in [0.3, 0.4) is 0 Å². The number of fused-ring (bicyclic) bond motifs is 1. The smallest absolute Gasteiger partial charge is 0.136 e. The minimum Gasteiger partial charge on any atom is -0.381 e. The first kappa shape index (κ1) is 13.8. The van der Waals surface area contributed by atoms with E-state index < -0.39 is 0 Å². The molecule has 0 N–H and O–H groups in total. The summed E-state index contributed by atoms with van der Waals surface area (Å²) in [5.41, 5.74) is 0. The lowest BCUT2D eigenvalue weighted by Gasteiger charge is -2.39. The van der Waals surface area contributed by atoms with Crippen molar-refractivity contribution in [2.45, 2.75) is 57.5 Å². The van der Waals surface area contributed by atoms with Crippen molar-refractivity contribution in [1.82, 2.24) is 0 Å². The average Bonchev–Trinajstić information content (AvgIpc) is 2.40. The molecule has 2 rings (SSSR count). The Labute approximate surface area is 111 Å². The number of Topliss-reactive ketones (excluding diaryl/α,β-unsaturated/α-hetero) is 1. The molecule has 0 aromatic heterocycles. The molecule has 18 heavy (non-hydrogen) atoms. The van der Waals surface area contributed by atoms with E-state index in [2.05, 4.69) is 6.58 Å². The van der Waals surface area contributed by atoms with Crippen LogP contribution in [-0.4, -0.2) is 19.0 Å². The predicted molar refractivity (Wildman–Crippen MR) is 73.4 cm³/mol. The number of hydrogen-bond donors (Lipinski definition) is 0. The molecule has 102 valence electrons. The molecule has 2 aliphatic carbocycles. The quantitative estimate of drug-likeness (QED) is 0.713. The van der Waals surface area contributed by atoms with Crippen LogP contribution in [0.5, 0.6) is 0 Å². The van der Waals surface area contributed by atoms with Crippen LogP contribution in [0.25, 0.3) is 0 Å². The molecule has 4 atom stereocenters. The minimum absolute atomic E-state index is 0.148. The third kappa shape index (κ3) is 3.03. The predicted octanol–water partition coefficient (Wildman–Crippen LogP) is 3.75. The van der Waals surface area contributed by atoms with Crippen molar-refractivity contribution in [2.75, 3.05) is 7.11 Å². The largest absolute Gasteiger partial charge is 0.381 e. The van der Waals surface area contributed by atoms with Gasteiger partial charge >= 0.3 is 0 Å². The summed E-state index contributed by atoms with van der Waals surface area (Å²) in [6.45, 7) is 3.78. The van der Waals surface area contributed by atoms with Crippen molar-refractivity contribution in [2.24, 2.45) is 17.8 Å². The molecule has 0 amide bonds. The van der Waals surface area contributed by atoms with E-state index in [-0.39, 0.29) is 12.0 Å². The molecule has 2 aliphatic rings. The van der Waals surface area contributed by atoms with Gasteiger partial charge < -0.3 is 4.74 Å². The zero-order chi connectivity index (χ0) is 13.0. The summed E-state index contributed by atoms with van der Waals surface area (Å²) in [4.78, 5) is 12.2. The van der Waals surface area contributed by atoms with Gasteiger partial charge in [0.1, 0.15) is 5.78 Å². The second kappa shape index (κ2) is 6.51. The average molecular weight is 250 g/mol. The van der Waals surface area contributed by atoms with E-state index in [1.54, 1.807) is 0 Å². The van der Waals surface area contributed by atoms with E-state index in [4.69, 9.17) is 4.74 Å². The number of methoxy groups -OCH3 is 1. The maximum atomic E-state index is 12.2. The van der Waals surface area contributed by atoms with Crippen LogP contribution in [0, 0.1) is 17.8 Å². The Kier molecular flexibility index (Phi) is 4.99. The van der Waals surface area contributed by atoms with Crippen molar-refractivity contribution >= 4 is 5.78 Å². The Hall–Kier alpha value is -0.630. The third-order valence-corrected chi connectivity index (χ3v) is 4.93. The maximum absolute atomic E-state index is 12.2. The Morgan fingerprint density at radius 1 is 1.33 bits per heavy atom. The maximum Gasteiger partial charge on any atom is 0.136 e. The number of carbonyl (C=O) groups is 1. The van der Waals surface area contributed by atoms with Crippen LogP contribution in [0.1, 0.15) is 51.4 Å². The van der Waals surface area contributed by atoms with Crippen LogP contribution in [0.4, 0.5) is 0 Å². The number of carbonyl (C=O) groups excluding carboxylic acids is 1. The number of hydrogen-bond acceptors (Lipinski definition) is 2. The summed E-state index contributed by atoms with van der Waals surface area (Å²) in [5, 5.41) is 0. The number of rotatable bonds is 3. The summed E-state index contributed by atoms with van der Waals surface area (Å²) in [6, 6.07) is 0. The van der Waals surface area contributed by atoms with Gasteiger partial charge in [-0.05, 0) is 37.5 Å². The Balaban J connectivity index is 2.11. The third-order valence-electron chi connectivity index (χ3n) is 4.93. The zero-order valence-corrected chi connectivity index (χ0v) is 11.6. The Bertz CT molecular complexity index is 297. The van der Waals surface area contributed by atoms with Gasteiger partial charge in [-0.25, -0.2) is 0 Å². The SMILES string of the molecule is C=CCC1CC(OC)[C@H]2CCCC[C@@H]2CCC1=O. The molecule has 0 spiro atoms. The molecule has 2 heteroatoms. The summed E-state index contributed by atoms with van der Waals surface area (Å²) in [6.07, 6.45) is 11.0. The molecule has 2 saturated carbocycles. The molecule has 2 nitrogen and oxygen atoms in total. The van der Waals surface area contributed by atoms with Gasteiger partial charge in [0.25, 0.3) is 0 Å². The first-order valence-electron chi connectivity index (χ1n) is 7.42. The van der Waals surface area contributed by atoms with Crippen molar-refractivity contribution < 1.29 is 9.53 Å². The lowest BCUT2D eigenvalue weighted by Crippen LogP contribution is -2.37. The van der Waals surface area contributed by atoms with Crippen LogP contribution in [-0.2, 0) is 9.53 Å². The van der Waals surface area contributed by atoms with Crippen LogP contribution >= 0.6 is 0 Å². The van der Waals surface area contributed by atoms with Gasteiger partial charge in [0.15, 0.2) is 0 Å². The highest BCUT2D eigenvalue weighted by Crippen LogP contribution is 2.40. The van der Waals surface area contributed by atoms with E-state index in [1.165, 1.54) is 25.7 Å². The monoisotopic (exact) mass is 250 g/mol. The molecule has 0 aromatic rings. The van der Waals surface area contributed by atoms with E-state index in [1.807, 2.05) is 13.2 Å². The zero-order valence-electron chi connectivity index (χ0n) is 11.6. The van der Waals surface area contributed by atoms with Crippen LogP contribution in [0.15, 0.2) is 12.7 Å². The van der Waals surface area contributed by atoms with Crippen molar-refractivity contribution in [3.8, 4) is 0 Å². The second-order valence-electron chi connectivity index (χ2n) is 5.94. The highest BCUT2D eigenvalue weighted by Gasteiger charge is 2.36. The van der Waals surface area contributed by atoms with Crippen LogP contribution in [0.2, 0.25) is 0 Å². The van der Waals surface area contributed by atoms with Gasteiger partial charge in [-0.2, -0.15) is 0 Å². The van der Waals surface area contributed by atoms with Gasteiger partial charge in [-0.1, -0.05) is 25.3 Å². The molecule has 0 saturated heterocycles. The van der Waals surface area contributed by atoms with Crippen molar-refractivity contribution in [3.05, 3.63) is 12.7 Å². The van der Waals surface area contributed by atoms with Gasteiger partial charge in [0.2, 0.25) is 0 Å². The highest BCUT2D eigenvalue weighted by atomic mass is 16.5. The summed E-state index contributed by atoms with van der Waals surface area (Å²) >= 11 is 0. The molecule has 2 fully saturated rings. The molecule has 0 aromatic carbocycles. The molecule has 0 bridgehead atoms. The second-order valence-corrected chi connectivity index (χ2v) is 5.94. The minimum atomic E-state index is 0.148. The Morgan fingerprint density at radius 3 is 2.83 bits per heavy atom. The molecule has 0 aliphatic heterocycles. The van der Waals surface area contributed by atoms with Gasteiger partial charge in [0.05, 0.1) is 6.10 Å². The van der Waals surface area contributed by atoms with Gasteiger partial charge in [0, 0.05) is 19.4 Å². The molecule has 0 heterocycles. The van der Waals surface area contributed by atoms with E-state index in [0.717, 1.165) is 31.6 Å². The fourth-order valence-electron chi connectivity index (χ4n) is 3.90. The fourth-order valence-corrected chi connectivity index (χ4v) is 3.90. The molecule has 2 unspecified atom stereocenters. The summed E-state index contributed by atoms with van der Waals surface area (Å²) in [5.74, 6) is 1.98. The lowest BCUT2D eigenvalue weighted by atomic mass is 9.69. The van der Waals surface area contributed by atoms with Gasteiger partial charge in [-0.3, -0.25) is 4.79 Å². The van der Waals surface area contributed by atoms with E-state index in [0.29, 0.717) is 11.7 Å². The van der Waals surface area contributed by atoms with Crippen LogP contribution < -0.4 is 0 Å². The van der Waals surface area contributed by atoms with Crippen molar-refractivity contribution in [1.29, 1.82) is 0 Å². The first-order chi connectivity index (χ1) is 8.76. The number of allylic oxidation sites excluding steroid dienone is 1. The molecular weight excluding hydrogens is 224 g/mol. The Morgan fingerprint density at radius 2 is 2.11 bits per heavy atom. The van der Waals surface area contributed by atoms with E-state index >= 15 is 0 Å². The summed E-state index contributed by atoms with van der Waals surface area (Å²) in [7, 11) is 1.81. The number of ether oxygens (including phenoxy) is 1.